The number of amides is 2. The molecule has 1 aromatic carbocycles. The number of hydrogen-bond acceptors (Lipinski definition) is 4. The van der Waals surface area contributed by atoms with Gasteiger partial charge in [-0.2, -0.15) is 0 Å². The molecule has 0 bridgehead atoms. The van der Waals surface area contributed by atoms with Gasteiger partial charge in [0, 0.05) is 25.8 Å². The lowest BCUT2D eigenvalue weighted by atomic mass is 10.1. The number of anilines is 1. The van der Waals surface area contributed by atoms with Crippen LogP contribution in [0, 0.1) is 0 Å². The van der Waals surface area contributed by atoms with Gasteiger partial charge < -0.3 is 19.0 Å². The monoisotopic (exact) mass is 356 g/mol. The van der Waals surface area contributed by atoms with Crippen LogP contribution in [-0.2, 0) is 27.3 Å². The largest absolute Gasteiger partial charge is 0.467 e. The van der Waals surface area contributed by atoms with Gasteiger partial charge in [-0.3, -0.25) is 9.59 Å². The lowest BCUT2D eigenvalue weighted by Crippen LogP contribution is -2.43. The van der Waals surface area contributed by atoms with Crippen molar-refractivity contribution in [1.29, 1.82) is 0 Å². The van der Waals surface area contributed by atoms with Crippen LogP contribution in [0.1, 0.15) is 24.2 Å². The standard InChI is InChI=1S/C20H24N2O4/c1-25-13-11-21(14-17-8-5-12-26-17)20(24)15-22-18-9-3-2-6-16(18)7-4-10-19(22)23/h2-3,5-6,8-9,12H,4,7,10-11,13-15H2,1H3. The van der Waals surface area contributed by atoms with Crippen LogP contribution in [0.2, 0.25) is 0 Å². The van der Waals surface area contributed by atoms with E-state index >= 15 is 0 Å². The first-order valence-corrected chi connectivity index (χ1v) is 8.86. The zero-order chi connectivity index (χ0) is 18.4. The van der Waals surface area contributed by atoms with Crippen molar-refractivity contribution in [3.05, 3.63) is 54.0 Å². The van der Waals surface area contributed by atoms with Crippen LogP contribution in [0.5, 0.6) is 0 Å². The Morgan fingerprint density at radius 2 is 2.08 bits per heavy atom. The van der Waals surface area contributed by atoms with Crippen LogP contribution in [0.15, 0.2) is 47.1 Å². The molecule has 0 atom stereocenters. The molecular formula is C20H24N2O4. The highest BCUT2D eigenvalue weighted by molar-refractivity contribution is 5.99. The molecule has 6 nitrogen and oxygen atoms in total. The van der Waals surface area contributed by atoms with Crippen molar-refractivity contribution >= 4 is 17.5 Å². The molecule has 0 aliphatic carbocycles. The Hall–Kier alpha value is -2.60. The Labute approximate surface area is 153 Å². The van der Waals surface area contributed by atoms with Gasteiger partial charge in [0.15, 0.2) is 0 Å². The number of ether oxygens (including phenoxy) is 1. The van der Waals surface area contributed by atoms with Gasteiger partial charge in [-0.1, -0.05) is 18.2 Å². The third-order valence-corrected chi connectivity index (χ3v) is 4.56. The molecule has 0 unspecified atom stereocenters. The Morgan fingerprint density at radius 3 is 2.85 bits per heavy atom. The normalized spacial score (nSPS) is 14.0. The average Bonchev–Trinajstić information content (AvgIpc) is 3.11. The van der Waals surface area contributed by atoms with Crippen LogP contribution in [0.3, 0.4) is 0 Å². The summed E-state index contributed by atoms with van der Waals surface area (Å²) in [7, 11) is 1.60. The van der Waals surface area contributed by atoms with Crippen LogP contribution >= 0.6 is 0 Å². The van der Waals surface area contributed by atoms with E-state index in [1.165, 1.54) is 0 Å². The summed E-state index contributed by atoms with van der Waals surface area (Å²) in [5.41, 5.74) is 1.95. The first-order chi connectivity index (χ1) is 12.7. The summed E-state index contributed by atoms with van der Waals surface area (Å²) in [6.07, 6.45) is 3.70. The summed E-state index contributed by atoms with van der Waals surface area (Å²) in [6, 6.07) is 11.4. The van der Waals surface area contributed by atoms with Crippen LogP contribution in [-0.4, -0.2) is 43.5 Å². The fourth-order valence-corrected chi connectivity index (χ4v) is 3.18. The topological polar surface area (TPSA) is 63.0 Å². The van der Waals surface area contributed by atoms with Gasteiger partial charge in [-0.25, -0.2) is 0 Å². The maximum absolute atomic E-state index is 12.9. The molecule has 0 spiro atoms. The molecule has 138 valence electrons. The Bertz CT molecular complexity index is 742. The van der Waals surface area contributed by atoms with Crippen LogP contribution in [0.4, 0.5) is 5.69 Å². The molecule has 1 aliphatic heterocycles. The second kappa shape index (κ2) is 8.67. The van der Waals surface area contributed by atoms with Gasteiger partial charge in [0.1, 0.15) is 12.3 Å². The highest BCUT2D eigenvalue weighted by Crippen LogP contribution is 2.26. The average molecular weight is 356 g/mol. The van der Waals surface area contributed by atoms with Crippen molar-refractivity contribution in [3.8, 4) is 0 Å². The molecule has 26 heavy (non-hydrogen) atoms. The van der Waals surface area contributed by atoms with Crippen molar-refractivity contribution in [2.24, 2.45) is 0 Å². The molecule has 1 aliphatic rings. The molecule has 2 aromatic rings. The lowest BCUT2D eigenvalue weighted by Gasteiger charge is -2.27. The number of benzene rings is 1. The molecule has 3 rings (SSSR count). The summed E-state index contributed by atoms with van der Waals surface area (Å²) in [5.74, 6) is 0.577. The quantitative estimate of drug-likeness (QED) is 0.765. The minimum Gasteiger partial charge on any atom is -0.467 e. The second-order valence-electron chi connectivity index (χ2n) is 6.35. The molecular weight excluding hydrogens is 332 g/mol. The van der Waals surface area contributed by atoms with Gasteiger partial charge in [0.2, 0.25) is 11.8 Å². The number of furan rings is 1. The Morgan fingerprint density at radius 1 is 1.23 bits per heavy atom. The van der Waals surface area contributed by atoms with Gasteiger partial charge >= 0.3 is 0 Å². The van der Waals surface area contributed by atoms with E-state index in [0.717, 1.165) is 24.1 Å². The highest BCUT2D eigenvalue weighted by atomic mass is 16.5. The van der Waals surface area contributed by atoms with Crippen molar-refractivity contribution in [1.82, 2.24) is 4.90 Å². The molecule has 0 saturated heterocycles. The molecule has 0 N–H and O–H groups in total. The van der Waals surface area contributed by atoms with E-state index < -0.39 is 0 Å². The Kier molecular flexibility index (Phi) is 6.07. The van der Waals surface area contributed by atoms with E-state index in [2.05, 4.69) is 0 Å². The third-order valence-electron chi connectivity index (χ3n) is 4.56. The van der Waals surface area contributed by atoms with E-state index in [9.17, 15) is 9.59 Å². The molecule has 2 heterocycles. The van der Waals surface area contributed by atoms with E-state index in [1.807, 2.05) is 30.3 Å². The van der Waals surface area contributed by atoms with Crippen LogP contribution in [0.25, 0.3) is 0 Å². The first kappa shape index (κ1) is 18.2. The Balaban J connectivity index is 1.77. The summed E-state index contributed by atoms with van der Waals surface area (Å²) in [4.78, 5) is 28.8. The van der Waals surface area contributed by atoms with E-state index in [4.69, 9.17) is 9.15 Å². The predicted molar refractivity (Wildman–Crippen MR) is 97.7 cm³/mol. The number of methoxy groups -OCH3 is 1. The molecule has 1 aromatic heterocycles. The fourth-order valence-electron chi connectivity index (χ4n) is 3.18. The highest BCUT2D eigenvalue weighted by Gasteiger charge is 2.26. The van der Waals surface area contributed by atoms with Crippen molar-refractivity contribution in [2.75, 3.05) is 31.7 Å². The van der Waals surface area contributed by atoms with Gasteiger partial charge in [0.05, 0.1) is 19.4 Å². The number of carbonyl (C=O) groups excluding carboxylic acids is 2. The van der Waals surface area contributed by atoms with E-state index in [-0.39, 0.29) is 18.4 Å². The molecule has 2 amide bonds. The number of carbonyl (C=O) groups is 2. The summed E-state index contributed by atoms with van der Waals surface area (Å²) in [6.45, 7) is 1.26. The van der Waals surface area contributed by atoms with Crippen LogP contribution < -0.4 is 4.90 Å². The number of aryl methyl sites for hydroxylation is 1. The summed E-state index contributed by atoms with van der Waals surface area (Å²) < 4.78 is 10.5. The predicted octanol–water partition coefficient (Wildman–Crippen LogP) is 2.62. The second-order valence-corrected chi connectivity index (χ2v) is 6.35. The maximum Gasteiger partial charge on any atom is 0.243 e. The summed E-state index contributed by atoms with van der Waals surface area (Å²) in [5, 5.41) is 0. The maximum atomic E-state index is 12.9. The lowest BCUT2D eigenvalue weighted by molar-refractivity contribution is -0.132. The molecule has 6 heteroatoms. The zero-order valence-corrected chi connectivity index (χ0v) is 15.0. The van der Waals surface area contributed by atoms with Gasteiger partial charge in [0.25, 0.3) is 0 Å². The number of fused-ring (bicyclic) bond motifs is 1. The number of rotatable bonds is 7. The van der Waals surface area contributed by atoms with Gasteiger partial charge in [-0.15, -0.1) is 0 Å². The minimum absolute atomic E-state index is 0.00649. The molecule has 0 fully saturated rings. The van der Waals surface area contributed by atoms with Crippen molar-refractivity contribution < 1.29 is 18.7 Å². The number of para-hydroxylation sites is 1. The van der Waals surface area contributed by atoms with Crippen molar-refractivity contribution in [2.45, 2.75) is 25.8 Å². The van der Waals surface area contributed by atoms with E-state index in [1.54, 1.807) is 29.2 Å². The zero-order valence-electron chi connectivity index (χ0n) is 15.0. The SMILES string of the molecule is COCCN(Cc1ccco1)C(=O)CN1C(=O)CCCc2ccccc21. The van der Waals surface area contributed by atoms with Crippen molar-refractivity contribution in [3.63, 3.8) is 0 Å². The smallest absolute Gasteiger partial charge is 0.243 e. The van der Waals surface area contributed by atoms with E-state index in [0.29, 0.717) is 31.9 Å². The van der Waals surface area contributed by atoms with Gasteiger partial charge in [-0.05, 0) is 36.6 Å². The fraction of sp³-hybridized carbons (Fsp3) is 0.400. The molecule has 0 radical (unpaired) electrons. The number of nitrogens with zero attached hydrogens (tertiary/aromatic N) is 2. The first-order valence-electron chi connectivity index (χ1n) is 8.86. The number of hydrogen-bond donors (Lipinski definition) is 0. The minimum atomic E-state index is -0.122. The summed E-state index contributed by atoms with van der Waals surface area (Å²) >= 11 is 0. The third kappa shape index (κ3) is 4.32. The molecule has 0 saturated carbocycles.